The van der Waals surface area contributed by atoms with Crippen molar-refractivity contribution >= 4 is 27.6 Å². The first-order valence-electron chi connectivity index (χ1n) is 10.2. The molecule has 1 aliphatic rings. The predicted molar refractivity (Wildman–Crippen MR) is 120 cm³/mol. The van der Waals surface area contributed by atoms with Crippen molar-refractivity contribution in [2.45, 2.75) is 50.7 Å². The van der Waals surface area contributed by atoms with Gasteiger partial charge < -0.3 is 19.9 Å². The maximum Gasteiger partial charge on any atom is 0.321 e. The van der Waals surface area contributed by atoms with E-state index >= 15 is 0 Å². The van der Waals surface area contributed by atoms with Gasteiger partial charge in [-0.15, -0.1) is 6.58 Å². The Bertz CT molecular complexity index is 600. The van der Waals surface area contributed by atoms with E-state index in [-0.39, 0.29) is 12.1 Å². The van der Waals surface area contributed by atoms with Gasteiger partial charge in [0.2, 0.25) is 0 Å². The molecule has 1 aromatic rings. The van der Waals surface area contributed by atoms with Gasteiger partial charge in [-0.25, -0.2) is 4.79 Å². The summed E-state index contributed by atoms with van der Waals surface area (Å²) in [7, 11) is 4.01. The Hall–Kier alpha value is -1.37. The zero-order valence-corrected chi connectivity index (χ0v) is 18.8. The fraction of sp³-hybridized carbons (Fsp3) is 0.591. The minimum Gasteiger partial charge on any atom is -0.378 e. The van der Waals surface area contributed by atoms with E-state index in [0.29, 0.717) is 6.10 Å². The molecule has 0 atom stereocenters. The van der Waals surface area contributed by atoms with E-state index in [1.54, 1.807) is 0 Å². The number of likely N-dealkylation sites (N-methyl/N-ethyl adjacent to an activating group) is 1. The average molecular weight is 452 g/mol. The van der Waals surface area contributed by atoms with Crippen molar-refractivity contribution in [1.82, 2.24) is 9.80 Å². The van der Waals surface area contributed by atoms with Crippen LogP contribution in [0.4, 0.5) is 10.5 Å². The second kappa shape index (κ2) is 12.2. The zero-order chi connectivity index (χ0) is 20.4. The molecule has 1 fully saturated rings. The van der Waals surface area contributed by atoms with Crippen LogP contribution in [0, 0.1) is 0 Å². The van der Waals surface area contributed by atoms with Crippen LogP contribution in [0.15, 0.2) is 41.4 Å². The van der Waals surface area contributed by atoms with Crippen LogP contribution >= 0.6 is 15.9 Å². The van der Waals surface area contributed by atoms with E-state index in [9.17, 15) is 4.79 Å². The molecule has 2 rings (SSSR count). The molecule has 0 radical (unpaired) electrons. The van der Waals surface area contributed by atoms with Gasteiger partial charge >= 0.3 is 6.03 Å². The monoisotopic (exact) mass is 451 g/mol. The van der Waals surface area contributed by atoms with Crippen LogP contribution in [0.1, 0.15) is 38.5 Å². The molecule has 0 aromatic heterocycles. The van der Waals surface area contributed by atoms with Gasteiger partial charge in [-0.3, -0.25) is 0 Å². The standard InChI is InChI=1S/C22H34BrN3O2/c1-4-15-25(2)16-5-6-17-28-21-13-11-20(12-14-21)26(3)22(27)24-19-9-7-18(23)8-10-19/h4,7-10,20-21H,1,5-6,11-17H2,2-3H3,(H,24,27)/t20-,21-. The zero-order valence-electron chi connectivity index (χ0n) is 17.2. The summed E-state index contributed by atoms with van der Waals surface area (Å²) < 4.78 is 7.06. The molecule has 1 N–H and O–H groups in total. The van der Waals surface area contributed by atoms with Gasteiger partial charge in [0, 0.05) is 36.4 Å². The molecule has 28 heavy (non-hydrogen) atoms. The second-order valence-electron chi connectivity index (χ2n) is 7.61. The van der Waals surface area contributed by atoms with Gasteiger partial charge in [0.25, 0.3) is 0 Å². The molecule has 1 aliphatic carbocycles. The number of anilines is 1. The fourth-order valence-electron chi connectivity index (χ4n) is 3.56. The molecule has 1 aromatic carbocycles. The Labute approximate surface area is 178 Å². The molecule has 1 saturated carbocycles. The number of halogens is 1. The molecule has 6 heteroatoms. The van der Waals surface area contributed by atoms with E-state index in [0.717, 1.165) is 68.4 Å². The Morgan fingerprint density at radius 2 is 1.89 bits per heavy atom. The number of rotatable bonds is 10. The highest BCUT2D eigenvalue weighted by atomic mass is 79.9. The Balaban J connectivity index is 1.62. The van der Waals surface area contributed by atoms with E-state index in [1.807, 2.05) is 42.3 Å². The number of ether oxygens (including phenoxy) is 1. The highest BCUT2D eigenvalue weighted by Crippen LogP contribution is 2.25. The van der Waals surface area contributed by atoms with Crippen LogP contribution in [0.2, 0.25) is 0 Å². The van der Waals surface area contributed by atoms with Crippen LogP contribution in [0.25, 0.3) is 0 Å². The van der Waals surface area contributed by atoms with Crippen LogP contribution in [0.3, 0.4) is 0 Å². The third-order valence-corrected chi connectivity index (χ3v) is 5.86. The lowest BCUT2D eigenvalue weighted by molar-refractivity contribution is 0.0127. The van der Waals surface area contributed by atoms with Crippen molar-refractivity contribution in [3.63, 3.8) is 0 Å². The Morgan fingerprint density at radius 1 is 1.21 bits per heavy atom. The molecule has 0 unspecified atom stereocenters. The van der Waals surface area contributed by atoms with Crippen LogP contribution in [-0.2, 0) is 4.74 Å². The number of urea groups is 1. The molecule has 5 nitrogen and oxygen atoms in total. The number of nitrogens with one attached hydrogen (secondary N) is 1. The van der Waals surface area contributed by atoms with Crippen molar-refractivity contribution in [3.05, 3.63) is 41.4 Å². The normalized spacial score (nSPS) is 19.4. The summed E-state index contributed by atoms with van der Waals surface area (Å²) in [5, 5.41) is 2.97. The summed E-state index contributed by atoms with van der Waals surface area (Å²) in [4.78, 5) is 16.6. The van der Waals surface area contributed by atoms with Crippen molar-refractivity contribution in [3.8, 4) is 0 Å². The summed E-state index contributed by atoms with van der Waals surface area (Å²) >= 11 is 3.41. The first kappa shape index (κ1) is 22.9. The molecule has 0 spiro atoms. The first-order valence-corrected chi connectivity index (χ1v) is 11.0. The van der Waals surface area contributed by atoms with Gasteiger partial charge in [-0.05, 0) is 76.4 Å². The molecular formula is C22H34BrN3O2. The number of benzene rings is 1. The van der Waals surface area contributed by atoms with Gasteiger partial charge in [0.1, 0.15) is 0 Å². The van der Waals surface area contributed by atoms with Crippen molar-refractivity contribution in [1.29, 1.82) is 0 Å². The number of nitrogens with zero attached hydrogens (tertiary/aromatic N) is 2. The lowest BCUT2D eigenvalue weighted by Gasteiger charge is -2.34. The van der Waals surface area contributed by atoms with Gasteiger partial charge in [-0.2, -0.15) is 0 Å². The van der Waals surface area contributed by atoms with E-state index in [2.05, 4.69) is 39.8 Å². The van der Waals surface area contributed by atoms with Crippen molar-refractivity contribution in [2.75, 3.05) is 39.1 Å². The quantitative estimate of drug-likeness (QED) is 0.395. The molecule has 0 saturated heterocycles. The number of carbonyl (C=O) groups is 1. The van der Waals surface area contributed by atoms with Gasteiger partial charge in [0.05, 0.1) is 6.10 Å². The molecule has 156 valence electrons. The van der Waals surface area contributed by atoms with Crippen molar-refractivity contribution in [2.24, 2.45) is 0 Å². The lowest BCUT2D eigenvalue weighted by atomic mass is 9.92. The average Bonchev–Trinajstić information content (AvgIpc) is 2.69. The summed E-state index contributed by atoms with van der Waals surface area (Å²) in [5.74, 6) is 0. The molecular weight excluding hydrogens is 418 g/mol. The third kappa shape index (κ3) is 7.94. The third-order valence-electron chi connectivity index (χ3n) is 5.34. The summed E-state index contributed by atoms with van der Waals surface area (Å²) in [6.45, 7) is 6.62. The Kier molecular flexibility index (Phi) is 10.0. The summed E-state index contributed by atoms with van der Waals surface area (Å²) in [6.07, 6.45) is 8.56. The smallest absolute Gasteiger partial charge is 0.321 e. The van der Waals surface area contributed by atoms with Crippen LogP contribution in [0.5, 0.6) is 0 Å². The number of carbonyl (C=O) groups excluding carboxylic acids is 1. The van der Waals surface area contributed by atoms with Crippen LogP contribution in [-0.4, -0.2) is 61.8 Å². The van der Waals surface area contributed by atoms with Gasteiger partial charge in [0.15, 0.2) is 0 Å². The maximum absolute atomic E-state index is 12.5. The number of hydrogen-bond donors (Lipinski definition) is 1. The van der Waals surface area contributed by atoms with E-state index in [1.165, 1.54) is 0 Å². The fourth-order valence-corrected chi connectivity index (χ4v) is 3.82. The number of amides is 2. The molecule has 2 amide bonds. The maximum atomic E-state index is 12.5. The minimum absolute atomic E-state index is 0.0460. The van der Waals surface area contributed by atoms with E-state index in [4.69, 9.17) is 4.74 Å². The highest BCUT2D eigenvalue weighted by Gasteiger charge is 2.26. The number of unbranched alkanes of at least 4 members (excludes halogenated alkanes) is 1. The molecule has 0 aliphatic heterocycles. The van der Waals surface area contributed by atoms with Crippen LogP contribution < -0.4 is 5.32 Å². The summed E-state index contributed by atoms with van der Waals surface area (Å²) in [5.41, 5.74) is 0.816. The lowest BCUT2D eigenvalue weighted by Crippen LogP contribution is -2.42. The predicted octanol–water partition coefficient (Wildman–Crippen LogP) is 5.14. The topological polar surface area (TPSA) is 44.8 Å². The summed E-state index contributed by atoms with van der Waals surface area (Å²) in [6, 6.07) is 7.88. The largest absolute Gasteiger partial charge is 0.378 e. The second-order valence-corrected chi connectivity index (χ2v) is 8.52. The van der Waals surface area contributed by atoms with Gasteiger partial charge in [-0.1, -0.05) is 22.0 Å². The Morgan fingerprint density at radius 3 is 2.54 bits per heavy atom. The highest BCUT2D eigenvalue weighted by molar-refractivity contribution is 9.10. The SMILES string of the molecule is C=CCN(C)CCCCO[C@H]1CC[C@H](N(C)C(=O)Nc2ccc(Br)cc2)CC1. The van der Waals surface area contributed by atoms with E-state index < -0.39 is 0 Å². The molecule has 0 heterocycles. The first-order chi connectivity index (χ1) is 13.5. The molecule has 0 bridgehead atoms. The van der Waals surface area contributed by atoms with Crippen molar-refractivity contribution < 1.29 is 9.53 Å². The number of hydrogen-bond acceptors (Lipinski definition) is 3. The minimum atomic E-state index is -0.0460.